The summed E-state index contributed by atoms with van der Waals surface area (Å²) in [5.41, 5.74) is 0.869. The first kappa shape index (κ1) is 15.8. The number of aromatic nitrogens is 4. The van der Waals surface area contributed by atoms with Crippen LogP contribution in [0.3, 0.4) is 0 Å². The van der Waals surface area contributed by atoms with Gasteiger partial charge in [0.05, 0.1) is 11.4 Å². The lowest BCUT2D eigenvalue weighted by atomic mass is 10.4. The van der Waals surface area contributed by atoms with Crippen molar-refractivity contribution in [2.45, 2.75) is 31.2 Å². The summed E-state index contributed by atoms with van der Waals surface area (Å²) in [7, 11) is 1.80. The Hall–Kier alpha value is -1.61. The van der Waals surface area contributed by atoms with Crippen LogP contribution in [0.4, 0.5) is 10.9 Å². The highest BCUT2D eigenvalue weighted by molar-refractivity contribution is 8.01. The van der Waals surface area contributed by atoms with Gasteiger partial charge < -0.3 is 10.6 Å². The first-order valence-corrected chi connectivity index (χ1v) is 8.27. The molecule has 0 fully saturated rings. The monoisotopic (exact) mass is 326 g/mol. The highest BCUT2D eigenvalue weighted by Gasteiger charge is 2.10. The highest BCUT2D eigenvalue weighted by atomic mass is 32.2. The molecule has 0 bridgehead atoms. The van der Waals surface area contributed by atoms with Gasteiger partial charge in [-0.15, -0.1) is 10.2 Å². The Balaban J connectivity index is 1.83. The zero-order chi connectivity index (χ0) is 15.4. The van der Waals surface area contributed by atoms with Gasteiger partial charge in [0, 0.05) is 19.2 Å². The molecule has 9 heteroatoms. The molecule has 0 saturated heterocycles. The van der Waals surface area contributed by atoms with E-state index in [1.54, 1.807) is 11.7 Å². The number of rotatable bonds is 6. The van der Waals surface area contributed by atoms with E-state index in [1.807, 2.05) is 26.8 Å². The quantitative estimate of drug-likeness (QED) is 0.791. The first-order valence-electron chi connectivity index (χ1n) is 6.47. The zero-order valence-corrected chi connectivity index (χ0v) is 14.0. The molecule has 114 valence electrons. The molecular weight excluding hydrogens is 308 g/mol. The Kier molecular flexibility index (Phi) is 5.18. The fourth-order valence-corrected chi connectivity index (χ4v) is 3.31. The van der Waals surface area contributed by atoms with E-state index >= 15 is 0 Å². The number of anilines is 2. The molecule has 0 unspecified atom stereocenters. The summed E-state index contributed by atoms with van der Waals surface area (Å²) in [6, 6.07) is 2.14. The van der Waals surface area contributed by atoms with Crippen molar-refractivity contribution in [3.05, 3.63) is 11.8 Å². The summed E-state index contributed by atoms with van der Waals surface area (Å²) < 4.78 is 2.42. The molecule has 0 aliphatic carbocycles. The molecule has 7 nitrogen and oxygen atoms in total. The molecule has 0 aliphatic heterocycles. The van der Waals surface area contributed by atoms with Crippen LogP contribution in [0, 0.1) is 6.92 Å². The van der Waals surface area contributed by atoms with Crippen LogP contribution in [0.2, 0.25) is 0 Å². The van der Waals surface area contributed by atoms with Gasteiger partial charge in [-0.2, -0.15) is 5.10 Å². The SMILES string of the molecule is Cc1cc(NC(=O)CSc2nnc(NC(C)C)s2)n(C)n1. The molecule has 2 aromatic rings. The number of hydrogen-bond donors (Lipinski definition) is 2. The van der Waals surface area contributed by atoms with Gasteiger partial charge in [-0.25, -0.2) is 0 Å². The van der Waals surface area contributed by atoms with Gasteiger partial charge in [-0.1, -0.05) is 23.1 Å². The number of nitrogens with zero attached hydrogens (tertiary/aromatic N) is 4. The number of thioether (sulfide) groups is 1. The van der Waals surface area contributed by atoms with Gasteiger partial charge in [-0.05, 0) is 20.8 Å². The predicted octanol–water partition coefficient (Wildman–Crippen LogP) is 2.13. The van der Waals surface area contributed by atoms with Crippen LogP contribution >= 0.6 is 23.1 Å². The Bertz CT molecular complexity index is 621. The summed E-state index contributed by atoms with van der Waals surface area (Å²) in [5.74, 6) is 0.898. The lowest BCUT2D eigenvalue weighted by molar-refractivity contribution is -0.113. The average Bonchev–Trinajstić information content (AvgIpc) is 2.93. The number of amides is 1. The lowest BCUT2D eigenvalue weighted by Crippen LogP contribution is -2.16. The van der Waals surface area contributed by atoms with E-state index in [2.05, 4.69) is 25.9 Å². The van der Waals surface area contributed by atoms with E-state index in [1.165, 1.54) is 23.1 Å². The molecule has 0 aromatic carbocycles. The third-order valence-electron chi connectivity index (χ3n) is 2.41. The van der Waals surface area contributed by atoms with Crippen LogP contribution in [-0.2, 0) is 11.8 Å². The largest absolute Gasteiger partial charge is 0.358 e. The van der Waals surface area contributed by atoms with Crippen molar-refractivity contribution in [2.24, 2.45) is 7.05 Å². The van der Waals surface area contributed by atoms with E-state index < -0.39 is 0 Å². The molecule has 0 saturated carbocycles. The second kappa shape index (κ2) is 6.90. The normalized spacial score (nSPS) is 10.9. The van der Waals surface area contributed by atoms with Crippen LogP contribution in [0.15, 0.2) is 10.4 Å². The topological polar surface area (TPSA) is 84.7 Å². The smallest absolute Gasteiger partial charge is 0.235 e. The van der Waals surface area contributed by atoms with Gasteiger partial charge in [0.25, 0.3) is 0 Å². The summed E-state index contributed by atoms with van der Waals surface area (Å²) in [5, 5.41) is 19.0. The third kappa shape index (κ3) is 4.71. The Morgan fingerprint density at radius 1 is 1.48 bits per heavy atom. The maximum Gasteiger partial charge on any atom is 0.235 e. The van der Waals surface area contributed by atoms with E-state index in [-0.39, 0.29) is 5.91 Å². The Morgan fingerprint density at radius 3 is 2.86 bits per heavy atom. The minimum atomic E-state index is -0.0865. The van der Waals surface area contributed by atoms with Crippen molar-refractivity contribution < 1.29 is 4.79 Å². The van der Waals surface area contributed by atoms with Gasteiger partial charge >= 0.3 is 0 Å². The number of carbonyl (C=O) groups excluding carboxylic acids is 1. The molecule has 0 atom stereocenters. The Morgan fingerprint density at radius 2 is 2.24 bits per heavy atom. The molecule has 2 heterocycles. The molecule has 2 N–H and O–H groups in total. The van der Waals surface area contributed by atoms with Crippen LogP contribution in [0.5, 0.6) is 0 Å². The minimum absolute atomic E-state index is 0.0865. The fraction of sp³-hybridized carbons (Fsp3) is 0.500. The standard InChI is InChI=1S/C12H18N6OS2/c1-7(2)13-11-15-16-12(21-11)20-6-10(19)14-9-5-8(3)17-18(9)4/h5,7H,6H2,1-4H3,(H,13,15)(H,14,19). The van der Waals surface area contributed by atoms with Gasteiger partial charge in [0.2, 0.25) is 11.0 Å². The zero-order valence-electron chi connectivity index (χ0n) is 12.4. The molecule has 2 rings (SSSR count). The second-order valence-corrected chi connectivity index (χ2v) is 7.00. The maximum absolute atomic E-state index is 11.9. The van der Waals surface area contributed by atoms with E-state index in [0.29, 0.717) is 17.6 Å². The Labute approximate surface area is 131 Å². The average molecular weight is 326 g/mol. The second-order valence-electron chi connectivity index (χ2n) is 4.80. The molecule has 2 aromatic heterocycles. The van der Waals surface area contributed by atoms with Crippen molar-refractivity contribution in [2.75, 3.05) is 16.4 Å². The molecule has 0 aliphatic rings. The third-order valence-corrected chi connectivity index (χ3v) is 4.40. The number of hydrogen-bond acceptors (Lipinski definition) is 7. The maximum atomic E-state index is 11.9. The number of carbonyl (C=O) groups is 1. The predicted molar refractivity (Wildman–Crippen MR) is 86.0 cm³/mol. The van der Waals surface area contributed by atoms with E-state index in [4.69, 9.17) is 0 Å². The van der Waals surface area contributed by atoms with Crippen molar-refractivity contribution in [1.82, 2.24) is 20.0 Å². The van der Waals surface area contributed by atoms with Crippen molar-refractivity contribution in [3.63, 3.8) is 0 Å². The summed E-state index contributed by atoms with van der Waals surface area (Å²) in [6.07, 6.45) is 0. The molecule has 0 radical (unpaired) electrons. The van der Waals surface area contributed by atoms with Crippen LogP contribution in [0.25, 0.3) is 0 Å². The van der Waals surface area contributed by atoms with Crippen molar-refractivity contribution in [1.29, 1.82) is 0 Å². The molecule has 0 spiro atoms. The fourth-order valence-electron chi connectivity index (χ4n) is 1.61. The molecular formula is C12H18N6OS2. The molecule has 21 heavy (non-hydrogen) atoms. The summed E-state index contributed by atoms with van der Waals surface area (Å²) in [6.45, 7) is 5.96. The van der Waals surface area contributed by atoms with E-state index in [9.17, 15) is 4.79 Å². The lowest BCUT2D eigenvalue weighted by Gasteiger charge is -2.04. The van der Waals surface area contributed by atoms with Crippen molar-refractivity contribution in [3.8, 4) is 0 Å². The van der Waals surface area contributed by atoms with Gasteiger partial charge in [-0.3, -0.25) is 9.48 Å². The van der Waals surface area contributed by atoms with Crippen LogP contribution in [-0.4, -0.2) is 37.7 Å². The van der Waals surface area contributed by atoms with Crippen LogP contribution < -0.4 is 10.6 Å². The summed E-state index contributed by atoms with van der Waals surface area (Å²) in [4.78, 5) is 11.9. The minimum Gasteiger partial charge on any atom is -0.358 e. The van der Waals surface area contributed by atoms with E-state index in [0.717, 1.165) is 15.2 Å². The van der Waals surface area contributed by atoms with Gasteiger partial charge in [0.15, 0.2) is 4.34 Å². The molecule has 1 amide bonds. The first-order chi connectivity index (χ1) is 9.94. The number of aryl methyl sites for hydroxylation is 2. The highest BCUT2D eigenvalue weighted by Crippen LogP contribution is 2.25. The van der Waals surface area contributed by atoms with Crippen LogP contribution in [0.1, 0.15) is 19.5 Å². The number of nitrogens with one attached hydrogen (secondary N) is 2. The van der Waals surface area contributed by atoms with Gasteiger partial charge in [0.1, 0.15) is 5.82 Å². The summed E-state index contributed by atoms with van der Waals surface area (Å²) >= 11 is 2.82. The van der Waals surface area contributed by atoms with Crippen molar-refractivity contribution >= 4 is 40.0 Å².